The van der Waals surface area contributed by atoms with Gasteiger partial charge in [-0.1, -0.05) is 20.4 Å². The van der Waals surface area contributed by atoms with Crippen LogP contribution in [0.5, 0.6) is 0 Å². The van der Waals surface area contributed by atoms with E-state index >= 15 is 0 Å². The average Bonchev–Trinajstić information content (AvgIpc) is 2.02. The van der Waals surface area contributed by atoms with Crippen molar-refractivity contribution in [1.82, 2.24) is 0 Å². The first-order valence-electron chi connectivity index (χ1n) is 4.04. The summed E-state index contributed by atoms with van der Waals surface area (Å²) in [4.78, 5) is 11.0. The van der Waals surface area contributed by atoms with Gasteiger partial charge in [0.15, 0.2) is 0 Å². The lowest BCUT2D eigenvalue weighted by atomic mass is 10.0. The lowest BCUT2D eigenvalue weighted by Gasteiger charge is -2.15. The Bertz CT molecular complexity index is 173. The molecule has 0 saturated heterocycles. The molecule has 0 heterocycles. The maximum atomic E-state index is 11.0. The van der Waals surface area contributed by atoms with Crippen LogP contribution in [-0.2, 0) is 9.53 Å². The van der Waals surface area contributed by atoms with Crippen LogP contribution in [0.3, 0.4) is 0 Å². The Balaban J connectivity index is 4.10. The van der Waals surface area contributed by atoms with Gasteiger partial charge in [0.1, 0.15) is 0 Å². The van der Waals surface area contributed by atoms with Crippen LogP contribution < -0.4 is 0 Å². The van der Waals surface area contributed by atoms with Gasteiger partial charge in [-0.15, -0.1) is 0 Å². The molecule has 0 aromatic carbocycles. The van der Waals surface area contributed by atoms with Gasteiger partial charge in [0.25, 0.3) is 0 Å². The quantitative estimate of drug-likeness (QED) is 0.510. The second-order valence-corrected chi connectivity index (χ2v) is 2.93. The Morgan fingerprint density at radius 2 is 2.08 bits per heavy atom. The van der Waals surface area contributed by atoms with Crippen molar-refractivity contribution >= 4 is 5.97 Å². The van der Waals surface area contributed by atoms with Gasteiger partial charge in [0.05, 0.1) is 18.3 Å². The van der Waals surface area contributed by atoms with Crippen molar-refractivity contribution in [3.8, 4) is 0 Å². The highest BCUT2D eigenvalue weighted by atomic mass is 16.5. The summed E-state index contributed by atoms with van der Waals surface area (Å²) in [5.74, 6) is -0.527. The van der Waals surface area contributed by atoms with Gasteiger partial charge in [-0.05, 0) is 12.8 Å². The number of carbonyl (C=O) groups excluding carboxylic acids is 1. The van der Waals surface area contributed by atoms with Gasteiger partial charge < -0.3 is 9.84 Å². The highest BCUT2D eigenvalue weighted by Gasteiger charge is 2.19. The Kier molecular flexibility index (Phi) is 4.59. The minimum absolute atomic E-state index is 0.0121. The lowest BCUT2D eigenvalue weighted by molar-refractivity contribution is -0.139. The summed E-state index contributed by atoms with van der Waals surface area (Å²) in [6.07, 6.45) is -0.802. The largest absolute Gasteiger partial charge is 0.463 e. The molecule has 0 fully saturated rings. The maximum absolute atomic E-state index is 11.0. The molecule has 70 valence electrons. The van der Waals surface area contributed by atoms with Crippen LogP contribution in [0.25, 0.3) is 0 Å². The van der Waals surface area contributed by atoms with E-state index in [-0.39, 0.29) is 11.5 Å². The molecule has 1 N–H and O–H groups in total. The molecule has 0 amide bonds. The highest BCUT2D eigenvalue weighted by Crippen LogP contribution is 2.11. The lowest BCUT2D eigenvalue weighted by Crippen LogP contribution is -2.23. The first-order valence-corrected chi connectivity index (χ1v) is 4.04. The molecule has 12 heavy (non-hydrogen) atoms. The molecule has 3 nitrogen and oxygen atoms in total. The molecular weight excluding hydrogens is 156 g/mol. The van der Waals surface area contributed by atoms with Gasteiger partial charge in [0, 0.05) is 0 Å². The van der Waals surface area contributed by atoms with Crippen molar-refractivity contribution in [3.05, 3.63) is 12.2 Å². The van der Waals surface area contributed by atoms with Crippen molar-refractivity contribution in [1.29, 1.82) is 0 Å². The van der Waals surface area contributed by atoms with Gasteiger partial charge in [-0.3, -0.25) is 0 Å². The normalized spacial score (nSPS) is 12.8. The van der Waals surface area contributed by atoms with E-state index in [2.05, 4.69) is 11.3 Å². The molecule has 0 bridgehead atoms. The van der Waals surface area contributed by atoms with Gasteiger partial charge in [-0.25, -0.2) is 4.79 Å². The Morgan fingerprint density at radius 3 is 2.42 bits per heavy atom. The van der Waals surface area contributed by atoms with E-state index in [0.717, 1.165) is 0 Å². The summed E-state index contributed by atoms with van der Waals surface area (Å²) in [7, 11) is 0. The molecule has 0 rings (SSSR count). The van der Waals surface area contributed by atoms with Crippen molar-refractivity contribution in [2.45, 2.75) is 26.9 Å². The summed E-state index contributed by atoms with van der Waals surface area (Å²) in [6, 6.07) is 0. The van der Waals surface area contributed by atoms with Crippen LogP contribution in [0.2, 0.25) is 0 Å². The zero-order chi connectivity index (χ0) is 9.72. The Morgan fingerprint density at radius 1 is 1.58 bits per heavy atom. The molecule has 0 aromatic rings. The molecule has 0 saturated carbocycles. The van der Waals surface area contributed by atoms with Crippen LogP contribution in [0.15, 0.2) is 12.2 Å². The summed E-state index contributed by atoms with van der Waals surface area (Å²) in [5, 5.41) is 9.39. The maximum Gasteiger partial charge on any atom is 0.336 e. The molecule has 0 radical (unpaired) electrons. The van der Waals surface area contributed by atoms with E-state index in [0.29, 0.717) is 6.61 Å². The first-order chi connectivity index (χ1) is 5.50. The van der Waals surface area contributed by atoms with E-state index in [4.69, 9.17) is 0 Å². The molecule has 0 aliphatic rings. The number of hydrogen-bond acceptors (Lipinski definition) is 3. The first kappa shape index (κ1) is 11.2. The predicted octanol–water partition coefficient (Wildman–Crippen LogP) is 1.12. The highest BCUT2D eigenvalue weighted by molar-refractivity contribution is 5.88. The van der Waals surface area contributed by atoms with Crippen LogP contribution >= 0.6 is 0 Å². The fourth-order valence-corrected chi connectivity index (χ4v) is 0.747. The standard InChI is InChI=1S/C9H16O3/c1-5-12-9(11)7(4)8(10)6(2)3/h6,8,10H,4-5H2,1-3H3. The SMILES string of the molecule is C=C(C(=O)OCC)C(O)C(C)C. The molecule has 0 aliphatic heterocycles. The van der Waals surface area contributed by atoms with E-state index in [1.807, 2.05) is 13.8 Å². The fourth-order valence-electron chi connectivity index (χ4n) is 0.747. The van der Waals surface area contributed by atoms with Crippen LogP contribution in [0.4, 0.5) is 0 Å². The predicted molar refractivity (Wildman–Crippen MR) is 46.6 cm³/mol. The molecule has 0 aromatic heterocycles. The summed E-state index contributed by atoms with van der Waals surface area (Å²) in [5.41, 5.74) is 0.131. The molecule has 1 unspecified atom stereocenters. The van der Waals surface area contributed by atoms with E-state index in [1.165, 1.54) is 0 Å². The van der Waals surface area contributed by atoms with Crippen molar-refractivity contribution < 1.29 is 14.6 Å². The number of hydrogen-bond donors (Lipinski definition) is 1. The monoisotopic (exact) mass is 172 g/mol. The number of carbonyl (C=O) groups is 1. The molecule has 1 atom stereocenters. The van der Waals surface area contributed by atoms with Crippen LogP contribution in [0.1, 0.15) is 20.8 Å². The van der Waals surface area contributed by atoms with Crippen molar-refractivity contribution in [2.75, 3.05) is 6.61 Å². The molecule has 0 spiro atoms. The van der Waals surface area contributed by atoms with Crippen LogP contribution in [-0.4, -0.2) is 23.8 Å². The number of ether oxygens (including phenoxy) is 1. The number of aliphatic hydroxyl groups is 1. The third kappa shape index (κ3) is 3.05. The number of aliphatic hydroxyl groups excluding tert-OH is 1. The van der Waals surface area contributed by atoms with E-state index in [1.54, 1.807) is 6.92 Å². The summed E-state index contributed by atoms with van der Waals surface area (Å²) in [6.45, 7) is 9.12. The molecule has 0 aliphatic carbocycles. The number of esters is 1. The van der Waals surface area contributed by atoms with E-state index < -0.39 is 12.1 Å². The summed E-state index contributed by atoms with van der Waals surface area (Å²) >= 11 is 0. The van der Waals surface area contributed by atoms with Crippen LogP contribution in [0, 0.1) is 5.92 Å². The van der Waals surface area contributed by atoms with Crippen molar-refractivity contribution in [2.24, 2.45) is 5.92 Å². The Labute approximate surface area is 73.0 Å². The minimum atomic E-state index is -0.802. The van der Waals surface area contributed by atoms with Gasteiger partial charge in [-0.2, -0.15) is 0 Å². The number of rotatable bonds is 4. The van der Waals surface area contributed by atoms with E-state index in [9.17, 15) is 9.90 Å². The Hall–Kier alpha value is -0.830. The zero-order valence-electron chi connectivity index (χ0n) is 7.83. The van der Waals surface area contributed by atoms with Gasteiger partial charge >= 0.3 is 5.97 Å². The molecular formula is C9H16O3. The summed E-state index contributed by atoms with van der Waals surface area (Å²) < 4.78 is 4.68. The third-order valence-corrected chi connectivity index (χ3v) is 1.53. The topological polar surface area (TPSA) is 46.5 Å². The average molecular weight is 172 g/mol. The van der Waals surface area contributed by atoms with Crippen molar-refractivity contribution in [3.63, 3.8) is 0 Å². The molecule has 3 heteroatoms. The van der Waals surface area contributed by atoms with Gasteiger partial charge in [0.2, 0.25) is 0 Å². The second kappa shape index (κ2) is 4.93. The minimum Gasteiger partial charge on any atom is -0.463 e. The smallest absolute Gasteiger partial charge is 0.336 e. The third-order valence-electron chi connectivity index (χ3n) is 1.53. The second-order valence-electron chi connectivity index (χ2n) is 2.93. The zero-order valence-corrected chi connectivity index (χ0v) is 7.83. The fraction of sp³-hybridized carbons (Fsp3) is 0.667.